The van der Waals surface area contributed by atoms with Gasteiger partial charge in [0.1, 0.15) is 5.82 Å². The van der Waals surface area contributed by atoms with Crippen LogP contribution in [0.15, 0.2) is 43.0 Å². The lowest BCUT2D eigenvalue weighted by Crippen LogP contribution is -2.31. The predicted molar refractivity (Wildman–Crippen MR) is 113 cm³/mol. The van der Waals surface area contributed by atoms with E-state index in [1.807, 2.05) is 0 Å². The molecule has 1 unspecified atom stereocenters. The number of nitrogens with zero attached hydrogens (tertiary/aromatic N) is 1. The quantitative estimate of drug-likeness (QED) is 0.700. The Morgan fingerprint density at radius 1 is 1.29 bits per heavy atom. The molecule has 1 heterocycles. The number of nitrogen functional groups attached to an aromatic ring is 1. The number of anilines is 1. The summed E-state index contributed by atoms with van der Waals surface area (Å²) >= 11 is 0. The minimum atomic E-state index is -0.433. The van der Waals surface area contributed by atoms with Crippen molar-refractivity contribution in [1.82, 2.24) is 4.98 Å². The number of aromatic nitrogens is 1. The number of esters is 1. The van der Waals surface area contributed by atoms with E-state index in [1.54, 1.807) is 12.1 Å². The Kier molecular flexibility index (Phi) is 5.84. The molecule has 28 heavy (non-hydrogen) atoms. The van der Waals surface area contributed by atoms with Gasteiger partial charge >= 0.3 is 5.97 Å². The van der Waals surface area contributed by atoms with Gasteiger partial charge in [-0.05, 0) is 59.9 Å². The predicted octanol–water partition coefficient (Wildman–Crippen LogP) is 4.29. The molecular weight excluding hydrogens is 350 g/mol. The number of pyridine rings is 1. The van der Waals surface area contributed by atoms with Crippen molar-refractivity contribution < 1.29 is 9.53 Å². The molecule has 1 aliphatic rings. The molecule has 0 aliphatic heterocycles. The average molecular weight is 380 g/mol. The standard InChI is InChI=1S/C23H29N3O2/c1-4-12-23(14-16-7-5-6-8-17(16)21(23)25)13-11-15(2)20-18(22(27)28-3)9-10-19(24)26-20/h5-10,21H,2,4,11-14,25H2,1,3H3,(H2,24,26)/t21-,23?/m1/s1. The Hall–Kier alpha value is -2.66. The molecule has 1 aliphatic carbocycles. The number of nitrogens with two attached hydrogens (primary N) is 2. The first kappa shape index (κ1) is 20.1. The van der Waals surface area contributed by atoms with E-state index in [4.69, 9.17) is 16.2 Å². The van der Waals surface area contributed by atoms with Gasteiger partial charge in [-0.1, -0.05) is 44.2 Å². The summed E-state index contributed by atoms with van der Waals surface area (Å²) in [6.45, 7) is 6.40. The summed E-state index contributed by atoms with van der Waals surface area (Å²) in [7, 11) is 1.36. The zero-order chi connectivity index (χ0) is 20.3. The molecule has 5 heteroatoms. The molecule has 2 atom stereocenters. The molecule has 0 amide bonds. The minimum absolute atomic E-state index is 0.00493. The summed E-state index contributed by atoms with van der Waals surface area (Å²) in [5.41, 5.74) is 16.9. The van der Waals surface area contributed by atoms with Crippen molar-refractivity contribution in [2.45, 2.75) is 45.1 Å². The molecule has 5 nitrogen and oxygen atoms in total. The number of fused-ring (bicyclic) bond motifs is 1. The zero-order valence-electron chi connectivity index (χ0n) is 16.7. The molecule has 3 rings (SSSR count). The van der Waals surface area contributed by atoms with Crippen LogP contribution in [0.5, 0.6) is 0 Å². The van der Waals surface area contributed by atoms with Crippen LogP contribution >= 0.6 is 0 Å². The highest BCUT2D eigenvalue weighted by Crippen LogP contribution is 2.51. The molecule has 1 aromatic heterocycles. The Morgan fingerprint density at radius 3 is 2.71 bits per heavy atom. The first-order valence-corrected chi connectivity index (χ1v) is 9.78. The molecule has 0 radical (unpaired) electrons. The van der Waals surface area contributed by atoms with Crippen molar-refractivity contribution in [2.75, 3.05) is 12.8 Å². The van der Waals surface area contributed by atoms with Crippen LogP contribution in [0.25, 0.3) is 5.57 Å². The monoisotopic (exact) mass is 379 g/mol. The van der Waals surface area contributed by atoms with Gasteiger partial charge in [-0.25, -0.2) is 9.78 Å². The van der Waals surface area contributed by atoms with E-state index in [-0.39, 0.29) is 11.5 Å². The maximum Gasteiger partial charge on any atom is 0.340 e. The Morgan fingerprint density at radius 2 is 2.04 bits per heavy atom. The van der Waals surface area contributed by atoms with E-state index in [1.165, 1.54) is 18.2 Å². The van der Waals surface area contributed by atoms with Crippen LogP contribution in [0.4, 0.5) is 5.82 Å². The van der Waals surface area contributed by atoms with Crippen LogP contribution in [-0.4, -0.2) is 18.1 Å². The van der Waals surface area contributed by atoms with Crippen LogP contribution in [0.2, 0.25) is 0 Å². The van der Waals surface area contributed by atoms with Gasteiger partial charge < -0.3 is 16.2 Å². The fourth-order valence-corrected chi connectivity index (χ4v) is 4.47. The van der Waals surface area contributed by atoms with Crippen LogP contribution in [0.3, 0.4) is 0 Å². The molecular formula is C23H29N3O2. The normalized spacial score (nSPS) is 20.6. The van der Waals surface area contributed by atoms with Gasteiger partial charge in [-0.3, -0.25) is 0 Å². The van der Waals surface area contributed by atoms with Gasteiger partial charge in [-0.2, -0.15) is 0 Å². The third-order valence-electron chi connectivity index (χ3n) is 5.92. The second-order valence-electron chi connectivity index (χ2n) is 7.69. The van der Waals surface area contributed by atoms with E-state index in [2.05, 4.69) is 42.8 Å². The van der Waals surface area contributed by atoms with Crippen molar-refractivity contribution >= 4 is 17.4 Å². The number of ether oxygens (including phenoxy) is 1. The fraction of sp³-hybridized carbons (Fsp3) is 0.391. The molecule has 0 saturated heterocycles. The van der Waals surface area contributed by atoms with Gasteiger partial charge in [0, 0.05) is 6.04 Å². The SMILES string of the molecule is C=C(CCC1(CCC)Cc2ccccc2[C@H]1N)c1nc(N)ccc1C(=O)OC. The Bertz CT molecular complexity index is 893. The van der Waals surface area contributed by atoms with Crippen LogP contribution < -0.4 is 11.5 Å². The molecule has 148 valence electrons. The zero-order valence-corrected chi connectivity index (χ0v) is 16.7. The van der Waals surface area contributed by atoms with E-state index in [0.29, 0.717) is 23.5 Å². The van der Waals surface area contributed by atoms with Crippen LogP contribution in [0.1, 0.15) is 65.8 Å². The van der Waals surface area contributed by atoms with Crippen LogP contribution in [-0.2, 0) is 11.2 Å². The highest BCUT2D eigenvalue weighted by atomic mass is 16.5. The van der Waals surface area contributed by atoms with E-state index in [9.17, 15) is 4.79 Å². The minimum Gasteiger partial charge on any atom is -0.465 e. The third kappa shape index (κ3) is 3.67. The molecule has 0 spiro atoms. The van der Waals surface area contributed by atoms with Gasteiger partial charge in [-0.15, -0.1) is 0 Å². The third-order valence-corrected chi connectivity index (χ3v) is 5.92. The number of hydrogen-bond acceptors (Lipinski definition) is 5. The summed E-state index contributed by atoms with van der Waals surface area (Å²) in [5.74, 6) is -0.0751. The van der Waals surface area contributed by atoms with Crippen LogP contribution in [0, 0.1) is 5.41 Å². The van der Waals surface area contributed by atoms with E-state index in [0.717, 1.165) is 31.3 Å². The number of methoxy groups -OCH3 is 1. The maximum absolute atomic E-state index is 12.1. The number of rotatable bonds is 7. The smallest absolute Gasteiger partial charge is 0.340 e. The number of allylic oxidation sites excluding steroid dienone is 1. The van der Waals surface area contributed by atoms with Gasteiger partial charge in [0.25, 0.3) is 0 Å². The lowest BCUT2D eigenvalue weighted by Gasteiger charge is -2.34. The topological polar surface area (TPSA) is 91.2 Å². The number of benzene rings is 1. The van der Waals surface area contributed by atoms with E-state index >= 15 is 0 Å². The molecule has 2 aromatic rings. The fourth-order valence-electron chi connectivity index (χ4n) is 4.47. The maximum atomic E-state index is 12.1. The Balaban J connectivity index is 1.84. The van der Waals surface area contributed by atoms with Gasteiger partial charge in [0.2, 0.25) is 0 Å². The number of carbonyl (C=O) groups is 1. The largest absolute Gasteiger partial charge is 0.465 e. The molecule has 0 bridgehead atoms. The first-order valence-electron chi connectivity index (χ1n) is 9.78. The van der Waals surface area contributed by atoms with Crippen molar-refractivity contribution in [3.63, 3.8) is 0 Å². The van der Waals surface area contributed by atoms with Crippen molar-refractivity contribution in [3.8, 4) is 0 Å². The highest BCUT2D eigenvalue weighted by Gasteiger charge is 2.42. The lowest BCUT2D eigenvalue weighted by molar-refractivity contribution is 0.0600. The first-order chi connectivity index (χ1) is 13.4. The molecule has 1 aromatic carbocycles. The molecule has 4 N–H and O–H groups in total. The Labute approximate surface area is 166 Å². The second kappa shape index (κ2) is 8.15. The lowest BCUT2D eigenvalue weighted by atomic mass is 9.73. The summed E-state index contributed by atoms with van der Waals surface area (Å²) in [5, 5.41) is 0. The summed E-state index contributed by atoms with van der Waals surface area (Å²) in [6.07, 6.45) is 4.66. The van der Waals surface area contributed by atoms with Crippen molar-refractivity contribution in [1.29, 1.82) is 0 Å². The average Bonchev–Trinajstić information content (AvgIpc) is 2.98. The van der Waals surface area contributed by atoms with Gasteiger partial charge in [0.15, 0.2) is 0 Å². The van der Waals surface area contributed by atoms with Crippen molar-refractivity contribution in [2.24, 2.45) is 11.1 Å². The number of carbonyl (C=O) groups excluding carboxylic acids is 1. The highest BCUT2D eigenvalue weighted by molar-refractivity contribution is 5.94. The summed E-state index contributed by atoms with van der Waals surface area (Å²) in [6, 6.07) is 11.7. The van der Waals surface area contributed by atoms with Crippen molar-refractivity contribution in [3.05, 3.63) is 65.4 Å². The summed E-state index contributed by atoms with van der Waals surface area (Å²) in [4.78, 5) is 16.5. The summed E-state index contributed by atoms with van der Waals surface area (Å²) < 4.78 is 4.88. The molecule has 0 fully saturated rings. The second-order valence-corrected chi connectivity index (χ2v) is 7.69. The van der Waals surface area contributed by atoms with E-state index < -0.39 is 5.97 Å². The molecule has 0 saturated carbocycles. The van der Waals surface area contributed by atoms with Gasteiger partial charge in [0.05, 0.1) is 18.4 Å². The number of hydrogen-bond donors (Lipinski definition) is 2.